The van der Waals surface area contributed by atoms with E-state index in [1.165, 1.54) is 12.8 Å². The van der Waals surface area contributed by atoms with Crippen LogP contribution in [0.2, 0.25) is 0 Å². The minimum Gasteiger partial charge on any atom is -0.373 e. The van der Waals surface area contributed by atoms with Crippen LogP contribution >= 0.6 is 0 Å². The van der Waals surface area contributed by atoms with Crippen LogP contribution in [0.1, 0.15) is 37.0 Å². The molecule has 3 rings (SSSR count). The highest BCUT2D eigenvalue weighted by atomic mass is 16.5. The van der Waals surface area contributed by atoms with Crippen molar-refractivity contribution < 1.29 is 9.53 Å². The predicted molar refractivity (Wildman–Crippen MR) is 89.7 cm³/mol. The van der Waals surface area contributed by atoms with Crippen molar-refractivity contribution in [1.82, 2.24) is 15.2 Å². The van der Waals surface area contributed by atoms with Gasteiger partial charge in [0.05, 0.1) is 18.3 Å². The van der Waals surface area contributed by atoms with Crippen LogP contribution in [-0.2, 0) is 4.74 Å². The number of hydrogen-bond acceptors (Lipinski definition) is 5. The lowest BCUT2D eigenvalue weighted by Gasteiger charge is -2.35. The maximum atomic E-state index is 12.5. The Balaban J connectivity index is 1.55. The summed E-state index contributed by atoms with van der Waals surface area (Å²) in [6, 6.07) is 4.39. The highest BCUT2D eigenvalue weighted by Crippen LogP contribution is 2.22. The molecule has 0 aromatic carbocycles. The molecule has 2 fully saturated rings. The van der Waals surface area contributed by atoms with Crippen molar-refractivity contribution in [1.29, 1.82) is 0 Å². The van der Waals surface area contributed by atoms with Gasteiger partial charge in [-0.2, -0.15) is 0 Å². The van der Waals surface area contributed by atoms with E-state index in [0.29, 0.717) is 24.0 Å². The van der Waals surface area contributed by atoms with Crippen LogP contribution in [0.5, 0.6) is 0 Å². The third-order valence-corrected chi connectivity index (χ3v) is 4.43. The topological polar surface area (TPSA) is 66.5 Å². The van der Waals surface area contributed by atoms with Crippen molar-refractivity contribution in [2.24, 2.45) is 0 Å². The van der Waals surface area contributed by atoms with Crippen LogP contribution in [0.4, 0.5) is 5.82 Å². The normalized spacial score (nSPS) is 24.5. The highest BCUT2D eigenvalue weighted by molar-refractivity contribution is 5.98. The molecule has 0 saturated carbocycles. The minimum atomic E-state index is -0.103. The molecule has 0 radical (unpaired) electrons. The number of carbonyl (C=O) groups excluding carboxylic acids is 1. The number of aromatic nitrogens is 1. The molecular weight excluding hydrogens is 292 g/mol. The number of rotatable bonds is 5. The van der Waals surface area contributed by atoms with E-state index in [0.717, 1.165) is 19.7 Å². The molecule has 23 heavy (non-hydrogen) atoms. The molecule has 0 spiro atoms. The summed E-state index contributed by atoms with van der Waals surface area (Å²) in [5, 5.41) is 6.20. The van der Waals surface area contributed by atoms with Gasteiger partial charge in [0.25, 0.3) is 5.91 Å². The quantitative estimate of drug-likeness (QED) is 0.861. The summed E-state index contributed by atoms with van der Waals surface area (Å²) in [6.45, 7) is 7.45. The van der Waals surface area contributed by atoms with Crippen molar-refractivity contribution in [2.45, 2.75) is 44.9 Å². The second kappa shape index (κ2) is 7.27. The molecule has 1 aromatic rings. The smallest absolute Gasteiger partial charge is 0.255 e. The number of anilines is 1. The van der Waals surface area contributed by atoms with E-state index in [9.17, 15) is 4.79 Å². The number of nitrogens with one attached hydrogen (secondary N) is 2. The largest absolute Gasteiger partial charge is 0.373 e. The average Bonchev–Trinajstić information content (AvgIpc) is 3.00. The monoisotopic (exact) mass is 318 g/mol. The lowest BCUT2D eigenvalue weighted by atomic mass is 10.2. The first-order valence-corrected chi connectivity index (χ1v) is 8.49. The Morgan fingerprint density at radius 1 is 1.52 bits per heavy atom. The summed E-state index contributed by atoms with van der Waals surface area (Å²) < 4.78 is 5.89. The van der Waals surface area contributed by atoms with Crippen molar-refractivity contribution in [2.75, 3.05) is 31.6 Å². The van der Waals surface area contributed by atoms with Crippen molar-refractivity contribution in [3.8, 4) is 0 Å². The van der Waals surface area contributed by atoms with Crippen LogP contribution in [0.3, 0.4) is 0 Å². The van der Waals surface area contributed by atoms with Gasteiger partial charge in [-0.15, -0.1) is 0 Å². The Morgan fingerprint density at radius 3 is 3.22 bits per heavy atom. The standard InChI is InChI=1S/C17H26N4O2/c1-12(2)20-16-15(6-3-7-18-16)17(22)19-9-14-10-21-8-4-5-13(21)11-23-14/h3,6-7,12-14H,4-5,8-11H2,1-2H3,(H,18,20)(H,19,22)/t13-,14+/m1/s1. The second-order valence-corrected chi connectivity index (χ2v) is 6.65. The summed E-state index contributed by atoms with van der Waals surface area (Å²) >= 11 is 0. The molecular formula is C17H26N4O2. The maximum Gasteiger partial charge on any atom is 0.255 e. The molecule has 3 heterocycles. The van der Waals surface area contributed by atoms with Crippen LogP contribution < -0.4 is 10.6 Å². The third kappa shape index (κ3) is 4.00. The van der Waals surface area contributed by atoms with Crippen molar-refractivity contribution in [3.05, 3.63) is 23.9 Å². The lowest BCUT2D eigenvalue weighted by Crippen LogP contribution is -2.50. The fraction of sp³-hybridized carbons (Fsp3) is 0.647. The number of pyridine rings is 1. The Hall–Kier alpha value is -1.66. The van der Waals surface area contributed by atoms with Gasteiger partial charge in [-0.25, -0.2) is 4.98 Å². The van der Waals surface area contributed by atoms with E-state index < -0.39 is 0 Å². The molecule has 1 aromatic heterocycles. The van der Waals surface area contributed by atoms with Gasteiger partial charge in [-0.05, 0) is 45.4 Å². The van der Waals surface area contributed by atoms with Crippen LogP contribution in [0.25, 0.3) is 0 Å². The molecule has 2 N–H and O–H groups in total. The molecule has 6 heteroatoms. The Kier molecular flexibility index (Phi) is 5.13. The van der Waals surface area contributed by atoms with E-state index in [-0.39, 0.29) is 18.1 Å². The molecule has 6 nitrogen and oxygen atoms in total. The summed E-state index contributed by atoms with van der Waals surface area (Å²) in [7, 11) is 0. The molecule has 126 valence electrons. The predicted octanol–water partition coefficient (Wildman–Crippen LogP) is 1.49. The molecule has 2 aliphatic rings. The SMILES string of the molecule is CC(C)Nc1ncccc1C(=O)NC[C@H]1CN2CCC[C@@H]2CO1. The van der Waals surface area contributed by atoms with Gasteiger partial charge in [0.2, 0.25) is 0 Å². The van der Waals surface area contributed by atoms with Gasteiger partial charge >= 0.3 is 0 Å². The summed E-state index contributed by atoms with van der Waals surface area (Å²) in [5.41, 5.74) is 0.580. The third-order valence-electron chi connectivity index (χ3n) is 4.43. The van der Waals surface area contributed by atoms with E-state index in [1.807, 2.05) is 13.8 Å². The Bertz CT molecular complexity index is 549. The van der Waals surface area contributed by atoms with Crippen molar-refractivity contribution in [3.63, 3.8) is 0 Å². The number of carbonyl (C=O) groups is 1. The van der Waals surface area contributed by atoms with Crippen LogP contribution in [-0.4, -0.2) is 60.2 Å². The molecule has 2 aliphatic heterocycles. The molecule has 1 amide bonds. The molecule has 0 unspecified atom stereocenters. The maximum absolute atomic E-state index is 12.5. The van der Waals surface area contributed by atoms with Gasteiger partial charge in [0.1, 0.15) is 5.82 Å². The first kappa shape index (κ1) is 16.2. The van der Waals surface area contributed by atoms with E-state index >= 15 is 0 Å². The van der Waals surface area contributed by atoms with Gasteiger partial charge < -0.3 is 15.4 Å². The zero-order chi connectivity index (χ0) is 16.2. The average molecular weight is 318 g/mol. The number of hydrogen-bond donors (Lipinski definition) is 2. The van der Waals surface area contributed by atoms with E-state index in [1.54, 1.807) is 18.3 Å². The second-order valence-electron chi connectivity index (χ2n) is 6.65. The zero-order valence-electron chi connectivity index (χ0n) is 13.9. The lowest BCUT2D eigenvalue weighted by molar-refractivity contribution is -0.0461. The van der Waals surface area contributed by atoms with Gasteiger partial charge in [-0.3, -0.25) is 9.69 Å². The van der Waals surface area contributed by atoms with E-state index in [4.69, 9.17) is 4.74 Å². The van der Waals surface area contributed by atoms with Crippen molar-refractivity contribution >= 4 is 11.7 Å². The van der Waals surface area contributed by atoms with Crippen LogP contribution in [0.15, 0.2) is 18.3 Å². The Morgan fingerprint density at radius 2 is 2.39 bits per heavy atom. The molecule has 0 bridgehead atoms. The highest BCUT2D eigenvalue weighted by Gasteiger charge is 2.32. The molecule has 2 atom stereocenters. The van der Waals surface area contributed by atoms with Gasteiger partial charge in [-0.1, -0.05) is 0 Å². The number of morpholine rings is 1. The fourth-order valence-corrected chi connectivity index (χ4v) is 3.29. The molecule has 2 saturated heterocycles. The van der Waals surface area contributed by atoms with Crippen LogP contribution in [0, 0.1) is 0 Å². The summed E-state index contributed by atoms with van der Waals surface area (Å²) in [4.78, 5) is 19.2. The molecule has 0 aliphatic carbocycles. The summed E-state index contributed by atoms with van der Waals surface area (Å²) in [5.74, 6) is 0.526. The summed E-state index contributed by atoms with van der Waals surface area (Å²) in [6.07, 6.45) is 4.26. The number of amides is 1. The first-order valence-electron chi connectivity index (χ1n) is 8.49. The Labute approximate surface area is 137 Å². The number of nitrogens with zero attached hydrogens (tertiary/aromatic N) is 2. The van der Waals surface area contributed by atoms with Gasteiger partial charge in [0, 0.05) is 31.4 Å². The fourth-order valence-electron chi connectivity index (χ4n) is 3.29. The zero-order valence-corrected chi connectivity index (χ0v) is 13.9. The number of ether oxygens (including phenoxy) is 1. The first-order chi connectivity index (χ1) is 11.1. The number of fused-ring (bicyclic) bond motifs is 1. The van der Waals surface area contributed by atoms with E-state index in [2.05, 4.69) is 20.5 Å². The van der Waals surface area contributed by atoms with Gasteiger partial charge in [0.15, 0.2) is 0 Å². The minimum absolute atomic E-state index is 0.0754.